The van der Waals surface area contributed by atoms with Crippen LogP contribution in [0.4, 0.5) is 0 Å². The lowest BCUT2D eigenvalue weighted by atomic mass is 10.2. The molecule has 0 aromatic heterocycles. The van der Waals surface area contributed by atoms with E-state index in [1.165, 1.54) is 0 Å². The smallest absolute Gasteiger partial charge is 0.331 e. The first-order valence-corrected chi connectivity index (χ1v) is 27.0. The molecule has 0 heterocycles. The van der Waals surface area contributed by atoms with Gasteiger partial charge in [0.2, 0.25) is 0 Å². The predicted molar refractivity (Wildman–Crippen MR) is 204 cm³/mol. The van der Waals surface area contributed by atoms with E-state index in [1.807, 2.05) is 0 Å². The Kier molecular flexibility index (Phi) is 20.2. The summed E-state index contributed by atoms with van der Waals surface area (Å²) in [6.45, 7) is 35.9. The molecule has 4 atom stereocenters. The van der Waals surface area contributed by atoms with E-state index in [2.05, 4.69) is 111 Å². The molecule has 0 radical (unpaired) electrons. The second kappa shape index (κ2) is 19.9. The van der Waals surface area contributed by atoms with E-state index in [9.17, 15) is 0 Å². The molecule has 0 aliphatic rings. The highest BCUT2D eigenvalue weighted by Gasteiger charge is 2.55. The van der Waals surface area contributed by atoms with Gasteiger partial charge in [0.05, 0.1) is 22.4 Å². The lowest BCUT2D eigenvalue weighted by molar-refractivity contribution is 0.000421. The Balaban J connectivity index is 6.99. The Hall–Kier alpha value is 0.508. The van der Waals surface area contributed by atoms with Crippen LogP contribution in [0.1, 0.15) is 111 Å². The van der Waals surface area contributed by atoms with E-state index in [1.54, 1.807) is 14.2 Å². The fourth-order valence-electron chi connectivity index (χ4n) is 5.13. The van der Waals surface area contributed by atoms with Gasteiger partial charge >= 0.3 is 34.2 Å². The summed E-state index contributed by atoms with van der Waals surface area (Å²) in [4.78, 5) is 0. The average molecular weight is 743 g/mol. The molecule has 0 aromatic rings. The summed E-state index contributed by atoms with van der Waals surface area (Å²) in [6.07, 6.45) is 0. The Morgan fingerprint density at radius 2 is 0.532 bits per heavy atom. The van der Waals surface area contributed by atoms with Crippen molar-refractivity contribution in [1.82, 2.24) is 0 Å². The van der Waals surface area contributed by atoms with Crippen molar-refractivity contribution >= 4 is 34.2 Å². The van der Waals surface area contributed by atoms with Gasteiger partial charge in [0, 0.05) is 64.8 Å². The van der Waals surface area contributed by atoms with Crippen LogP contribution in [-0.4, -0.2) is 97.3 Å². The van der Waals surface area contributed by atoms with Crippen LogP contribution in [0.5, 0.6) is 0 Å². The molecule has 0 rings (SSSR count). The van der Waals surface area contributed by atoms with Crippen molar-refractivity contribution in [2.24, 2.45) is 0 Å². The van der Waals surface area contributed by atoms with Gasteiger partial charge in [-0.2, -0.15) is 0 Å². The van der Waals surface area contributed by atoms with Gasteiger partial charge in [-0.3, -0.25) is 0 Å². The van der Waals surface area contributed by atoms with Crippen LogP contribution in [0.25, 0.3) is 0 Å². The molecule has 47 heavy (non-hydrogen) atoms. The highest BCUT2D eigenvalue weighted by molar-refractivity contribution is 6.90. The van der Waals surface area contributed by atoms with E-state index >= 15 is 0 Å². The highest BCUT2D eigenvalue weighted by atomic mass is 28.5. The fraction of sp³-hybridized carbons (Fsp3) is 1.00. The summed E-state index contributed by atoms with van der Waals surface area (Å²) >= 11 is 0. The molecule has 13 heteroatoms. The van der Waals surface area contributed by atoms with Crippen LogP contribution in [0, 0.1) is 0 Å². The minimum Gasteiger partial charge on any atom is -0.415 e. The maximum Gasteiger partial charge on any atom is 0.331 e. The second-order valence-corrected chi connectivity index (χ2v) is 32.0. The number of hydrogen-bond acceptors (Lipinski definition) is 9. The Morgan fingerprint density at radius 1 is 0.340 bits per heavy atom. The van der Waals surface area contributed by atoms with Gasteiger partial charge in [-0.15, -0.1) is 0 Å². The monoisotopic (exact) mass is 742 g/mol. The van der Waals surface area contributed by atoms with Crippen LogP contribution >= 0.6 is 0 Å². The standard InChI is InChI=1S/C34H78O9Si4/c1-19-44(35-17,27-23-37-31(5,6)7)41-46(21-3,29-25-39-33(11,12)13)43-47(22-4,30-26-40-34(14,15)16)42-45(20-2,36-18)28-24-38-32(8,9)10/h19-30H2,1-18H3. The first-order chi connectivity index (χ1) is 21.3. The maximum absolute atomic E-state index is 7.67. The van der Waals surface area contributed by atoms with Gasteiger partial charge in [0.1, 0.15) is 0 Å². The van der Waals surface area contributed by atoms with Crippen LogP contribution in [0.3, 0.4) is 0 Å². The zero-order valence-electron chi connectivity index (χ0n) is 34.2. The van der Waals surface area contributed by atoms with Crippen molar-refractivity contribution in [1.29, 1.82) is 0 Å². The van der Waals surface area contributed by atoms with Crippen LogP contribution in [-0.2, 0) is 40.1 Å². The molecule has 0 spiro atoms. The molecule has 0 aromatic carbocycles. The molecule has 0 aliphatic carbocycles. The van der Waals surface area contributed by atoms with Crippen LogP contribution in [0.15, 0.2) is 0 Å². The molecule has 0 saturated heterocycles. The minimum atomic E-state index is -3.01. The lowest BCUT2D eigenvalue weighted by Crippen LogP contribution is -2.64. The molecular formula is C34H78O9Si4. The predicted octanol–water partition coefficient (Wildman–Crippen LogP) is 9.44. The van der Waals surface area contributed by atoms with Crippen molar-refractivity contribution in [3.63, 3.8) is 0 Å². The summed E-state index contributed by atoms with van der Waals surface area (Å²) in [5, 5.41) is 0. The Labute approximate surface area is 295 Å². The molecular weight excluding hydrogens is 665 g/mol. The third kappa shape index (κ3) is 19.6. The first-order valence-electron chi connectivity index (χ1n) is 18.1. The van der Waals surface area contributed by atoms with Gasteiger partial charge in [-0.25, -0.2) is 0 Å². The first kappa shape index (κ1) is 47.5. The molecule has 0 N–H and O–H groups in total. The zero-order valence-corrected chi connectivity index (χ0v) is 38.2. The SMILES string of the molecule is CC[Si](CCOC(C)(C)C)(OC)O[Si](CC)(CCOC(C)(C)C)O[Si](CC)(CCOC(C)(C)C)O[Si](CC)(CCOC(C)(C)C)OC. The second-order valence-electron chi connectivity index (χ2n) is 16.6. The van der Waals surface area contributed by atoms with Gasteiger partial charge in [-0.1, -0.05) is 27.7 Å². The molecule has 9 nitrogen and oxygen atoms in total. The quantitative estimate of drug-likeness (QED) is 0.0899. The third-order valence-electron chi connectivity index (χ3n) is 8.09. The number of rotatable bonds is 24. The fourth-order valence-corrected chi connectivity index (χ4v) is 25.0. The van der Waals surface area contributed by atoms with Crippen LogP contribution in [0.2, 0.25) is 48.4 Å². The minimum absolute atomic E-state index is 0.242. The highest BCUT2D eigenvalue weighted by Crippen LogP contribution is 2.38. The van der Waals surface area contributed by atoms with Gasteiger partial charge in [0.15, 0.2) is 0 Å². The Bertz CT molecular complexity index is 776. The topological polar surface area (TPSA) is 83.1 Å². The van der Waals surface area contributed by atoms with Crippen molar-refractivity contribution in [2.75, 3.05) is 40.6 Å². The summed E-state index contributed by atoms with van der Waals surface area (Å²) in [7, 11) is -7.90. The largest absolute Gasteiger partial charge is 0.415 e. The molecule has 0 bridgehead atoms. The number of ether oxygens (including phenoxy) is 4. The van der Waals surface area contributed by atoms with E-state index in [-0.39, 0.29) is 22.4 Å². The average Bonchev–Trinajstić information content (AvgIpc) is 2.93. The molecule has 0 fully saturated rings. The van der Waals surface area contributed by atoms with E-state index in [4.69, 9.17) is 40.1 Å². The molecule has 0 aliphatic heterocycles. The number of hydrogen-bond donors (Lipinski definition) is 0. The van der Waals surface area contributed by atoms with Crippen molar-refractivity contribution < 1.29 is 40.1 Å². The molecule has 0 amide bonds. The molecule has 4 unspecified atom stereocenters. The summed E-state index contributed by atoms with van der Waals surface area (Å²) < 4.78 is 60.4. The van der Waals surface area contributed by atoms with Crippen molar-refractivity contribution in [3.8, 4) is 0 Å². The normalized spacial score (nSPS) is 18.8. The maximum atomic E-state index is 7.67. The summed E-state index contributed by atoms with van der Waals surface area (Å²) in [5.41, 5.74) is -1.04. The van der Waals surface area contributed by atoms with Crippen LogP contribution < -0.4 is 0 Å². The van der Waals surface area contributed by atoms with Gasteiger partial charge in [-0.05, 0) is 107 Å². The summed E-state index contributed by atoms with van der Waals surface area (Å²) in [5.74, 6) is 0. The summed E-state index contributed by atoms with van der Waals surface area (Å²) in [6, 6.07) is 5.88. The molecule has 284 valence electrons. The molecule has 0 saturated carbocycles. The van der Waals surface area contributed by atoms with Gasteiger partial charge < -0.3 is 40.1 Å². The van der Waals surface area contributed by atoms with E-state index < -0.39 is 34.2 Å². The van der Waals surface area contributed by atoms with Crippen molar-refractivity contribution in [3.05, 3.63) is 0 Å². The zero-order chi connectivity index (χ0) is 36.8. The lowest BCUT2D eigenvalue weighted by Gasteiger charge is -2.47. The Morgan fingerprint density at radius 3 is 0.702 bits per heavy atom. The third-order valence-corrected chi connectivity index (χ3v) is 26.7. The van der Waals surface area contributed by atoms with Crippen molar-refractivity contribution in [2.45, 2.75) is 182 Å². The van der Waals surface area contributed by atoms with Gasteiger partial charge in [0.25, 0.3) is 0 Å². The van der Waals surface area contributed by atoms with E-state index in [0.717, 1.165) is 36.3 Å². The van der Waals surface area contributed by atoms with E-state index in [0.29, 0.717) is 38.5 Å².